The molecule has 0 atom stereocenters. The van der Waals surface area contributed by atoms with Crippen LogP contribution in [0, 0.1) is 0 Å². The standard InChI is InChI=1S/C15H22N2O/c1-11(2)17(3)15(18)10-16-14-8-7-12-5-4-6-13(12)9-14/h7-9,11,16H,4-6,10H2,1-3H3. The molecular weight excluding hydrogens is 224 g/mol. The Hall–Kier alpha value is -1.51. The Morgan fingerprint density at radius 3 is 2.78 bits per heavy atom. The van der Waals surface area contributed by atoms with Gasteiger partial charge in [0.25, 0.3) is 0 Å². The van der Waals surface area contributed by atoms with Crippen LogP contribution in [0.3, 0.4) is 0 Å². The fraction of sp³-hybridized carbons (Fsp3) is 0.533. The molecule has 0 aliphatic heterocycles. The SMILES string of the molecule is CC(C)N(C)C(=O)CNc1ccc2c(c1)CCC2. The fourth-order valence-electron chi connectivity index (χ4n) is 2.27. The van der Waals surface area contributed by atoms with Crippen molar-refractivity contribution in [2.45, 2.75) is 39.2 Å². The first-order chi connectivity index (χ1) is 8.58. The second kappa shape index (κ2) is 5.42. The molecule has 3 nitrogen and oxygen atoms in total. The minimum absolute atomic E-state index is 0.130. The van der Waals surface area contributed by atoms with Gasteiger partial charge in [-0.05, 0) is 56.4 Å². The molecule has 0 heterocycles. The van der Waals surface area contributed by atoms with Crippen molar-refractivity contribution in [2.75, 3.05) is 18.9 Å². The van der Waals surface area contributed by atoms with E-state index in [0.717, 1.165) is 5.69 Å². The third-order valence-electron chi connectivity index (χ3n) is 3.71. The van der Waals surface area contributed by atoms with Gasteiger partial charge in [-0.25, -0.2) is 0 Å². The summed E-state index contributed by atoms with van der Waals surface area (Å²) in [6.45, 7) is 4.41. The molecule has 0 radical (unpaired) electrons. The summed E-state index contributed by atoms with van der Waals surface area (Å²) >= 11 is 0. The highest BCUT2D eigenvalue weighted by Gasteiger charge is 2.13. The van der Waals surface area contributed by atoms with Gasteiger partial charge in [-0.1, -0.05) is 6.07 Å². The van der Waals surface area contributed by atoms with Gasteiger partial charge in [0, 0.05) is 18.8 Å². The first-order valence-corrected chi connectivity index (χ1v) is 6.69. The highest BCUT2D eigenvalue weighted by Crippen LogP contribution is 2.24. The van der Waals surface area contributed by atoms with E-state index in [1.54, 1.807) is 4.90 Å². The summed E-state index contributed by atoms with van der Waals surface area (Å²) in [5.41, 5.74) is 3.96. The van der Waals surface area contributed by atoms with Crippen molar-refractivity contribution >= 4 is 11.6 Å². The van der Waals surface area contributed by atoms with Gasteiger partial charge in [-0.15, -0.1) is 0 Å². The third kappa shape index (κ3) is 2.84. The van der Waals surface area contributed by atoms with Crippen LogP contribution in [-0.4, -0.2) is 30.4 Å². The number of anilines is 1. The summed E-state index contributed by atoms with van der Waals surface area (Å²) in [7, 11) is 1.84. The fourth-order valence-corrected chi connectivity index (χ4v) is 2.27. The Labute approximate surface area is 109 Å². The normalized spacial score (nSPS) is 13.6. The summed E-state index contributed by atoms with van der Waals surface area (Å²) in [5.74, 6) is 0.130. The molecule has 18 heavy (non-hydrogen) atoms. The zero-order valence-corrected chi connectivity index (χ0v) is 11.5. The van der Waals surface area contributed by atoms with Crippen molar-refractivity contribution in [1.29, 1.82) is 0 Å². The predicted octanol–water partition coefficient (Wildman–Crippen LogP) is 2.45. The molecule has 1 aliphatic carbocycles. The number of likely N-dealkylation sites (N-methyl/N-ethyl adjacent to an activating group) is 1. The van der Waals surface area contributed by atoms with E-state index in [2.05, 4.69) is 23.5 Å². The van der Waals surface area contributed by atoms with E-state index in [-0.39, 0.29) is 11.9 Å². The molecule has 1 aromatic carbocycles. The molecule has 1 amide bonds. The lowest BCUT2D eigenvalue weighted by Gasteiger charge is -2.21. The Morgan fingerprint density at radius 2 is 2.06 bits per heavy atom. The van der Waals surface area contributed by atoms with E-state index in [1.807, 2.05) is 20.9 Å². The Bertz CT molecular complexity index is 440. The summed E-state index contributed by atoms with van der Waals surface area (Å²) < 4.78 is 0. The number of rotatable bonds is 4. The quantitative estimate of drug-likeness (QED) is 0.885. The molecule has 0 fully saturated rings. The number of nitrogens with zero attached hydrogens (tertiary/aromatic N) is 1. The van der Waals surface area contributed by atoms with Crippen LogP contribution >= 0.6 is 0 Å². The molecule has 2 rings (SSSR count). The Kier molecular flexibility index (Phi) is 3.90. The van der Waals surface area contributed by atoms with Crippen molar-refractivity contribution in [3.05, 3.63) is 29.3 Å². The van der Waals surface area contributed by atoms with Crippen molar-refractivity contribution in [3.8, 4) is 0 Å². The maximum atomic E-state index is 11.9. The van der Waals surface area contributed by atoms with Gasteiger partial charge in [-0.2, -0.15) is 0 Å². The van der Waals surface area contributed by atoms with Crippen LogP contribution in [0.5, 0.6) is 0 Å². The van der Waals surface area contributed by atoms with Gasteiger partial charge in [0.15, 0.2) is 0 Å². The molecular formula is C15H22N2O. The van der Waals surface area contributed by atoms with Crippen molar-refractivity contribution in [3.63, 3.8) is 0 Å². The van der Waals surface area contributed by atoms with Gasteiger partial charge in [0.1, 0.15) is 0 Å². The van der Waals surface area contributed by atoms with E-state index in [9.17, 15) is 4.79 Å². The lowest BCUT2D eigenvalue weighted by atomic mass is 10.1. The summed E-state index contributed by atoms with van der Waals surface area (Å²) in [5, 5.41) is 3.22. The van der Waals surface area contributed by atoms with Crippen LogP contribution in [-0.2, 0) is 17.6 Å². The maximum absolute atomic E-state index is 11.9. The maximum Gasteiger partial charge on any atom is 0.241 e. The number of carbonyl (C=O) groups excluding carboxylic acids is 1. The van der Waals surface area contributed by atoms with Crippen LogP contribution in [0.4, 0.5) is 5.69 Å². The minimum atomic E-state index is 0.130. The number of amides is 1. The van der Waals surface area contributed by atoms with E-state index in [1.165, 1.54) is 30.4 Å². The first-order valence-electron chi connectivity index (χ1n) is 6.69. The third-order valence-corrected chi connectivity index (χ3v) is 3.71. The van der Waals surface area contributed by atoms with E-state index >= 15 is 0 Å². The Morgan fingerprint density at radius 1 is 1.33 bits per heavy atom. The van der Waals surface area contributed by atoms with Crippen LogP contribution < -0.4 is 5.32 Å². The van der Waals surface area contributed by atoms with Gasteiger partial charge < -0.3 is 10.2 Å². The number of hydrogen-bond acceptors (Lipinski definition) is 2. The average Bonchev–Trinajstić information content (AvgIpc) is 2.82. The first kappa shape index (κ1) is 12.9. The highest BCUT2D eigenvalue weighted by atomic mass is 16.2. The largest absolute Gasteiger partial charge is 0.376 e. The van der Waals surface area contributed by atoms with Crippen molar-refractivity contribution < 1.29 is 4.79 Å². The van der Waals surface area contributed by atoms with Crippen molar-refractivity contribution in [2.24, 2.45) is 0 Å². The van der Waals surface area contributed by atoms with Gasteiger partial charge >= 0.3 is 0 Å². The second-order valence-corrected chi connectivity index (χ2v) is 5.29. The molecule has 0 saturated carbocycles. The molecule has 98 valence electrons. The van der Waals surface area contributed by atoms with Crippen LogP contribution in [0.25, 0.3) is 0 Å². The van der Waals surface area contributed by atoms with Crippen LogP contribution in [0.1, 0.15) is 31.4 Å². The molecule has 0 bridgehead atoms. The number of nitrogens with one attached hydrogen (secondary N) is 1. The monoisotopic (exact) mass is 246 g/mol. The van der Waals surface area contributed by atoms with Crippen LogP contribution in [0.2, 0.25) is 0 Å². The number of benzene rings is 1. The van der Waals surface area contributed by atoms with E-state index < -0.39 is 0 Å². The molecule has 0 aromatic heterocycles. The van der Waals surface area contributed by atoms with E-state index in [4.69, 9.17) is 0 Å². The average molecular weight is 246 g/mol. The van der Waals surface area contributed by atoms with E-state index in [0.29, 0.717) is 6.54 Å². The molecule has 0 saturated heterocycles. The topological polar surface area (TPSA) is 32.3 Å². The number of fused-ring (bicyclic) bond motifs is 1. The summed E-state index contributed by atoms with van der Waals surface area (Å²) in [6, 6.07) is 6.69. The van der Waals surface area contributed by atoms with Gasteiger partial charge in [0.2, 0.25) is 5.91 Å². The highest BCUT2D eigenvalue weighted by molar-refractivity contribution is 5.80. The predicted molar refractivity (Wildman–Crippen MR) is 74.9 cm³/mol. The lowest BCUT2D eigenvalue weighted by Crippen LogP contribution is -2.37. The molecule has 0 unspecified atom stereocenters. The second-order valence-electron chi connectivity index (χ2n) is 5.29. The smallest absolute Gasteiger partial charge is 0.241 e. The zero-order chi connectivity index (χ0) is 13.1. The number of aryl methyl sites for hydroxylation is 2. The van der Waals surface area contributed by atoms with Gasteiger partial charge in [0.05, 0.1) is 6.54 Å². The molecule has 0 spiro atoms. The van der Waals surface area contributed by atoms with Gasteiger partial charge in [-0.3, -0.25) is 4.79 Å². The summed E-state index contributed by atoms with van der Waals surface area (Å²) in [4.78, 5) is 13.6. The lowest BCUT2D eigenvalue weighted by molar-refractivity contribution is -0.129. The molecule has 1 N–H and O–H groups in total. The van der Waals surface area contributed by atoms with Crippen LogP contribution in [0.15, 0.2) is 18.2 Å². The summed E-state index contributed by atoms with van der Waals surface area (Å²) in [6.07, 6.45) is 3.63. The molecule has 3 heteroatoms. The van der Waals surface area contributed by atoms with Crippen molar-refractivity contribution in [1.82, 2.24) is 4.90 Å². The number of hydrogen-bond donors (Lipinski definition) is 1. The Balaban J connectivity index is 1.93. The number of carbonyl (C=O) groups is 1. The minimum Gasteiger partial charge on any atom is -0.376 e. The zero-order valence-electron chi connectivity index (χ0n) is 11.5. The molecule has 1 aromatic rings. The molecule has 1 aliphatic rings.